The van der Waals surface area contributed by atoms with Crippen molar-refractivity contribution in [2.45, 2.75) is 25.5 Å². The SMILES string of the molecule is CCCS(=O)(=O)C(C)C(=O)c1ccc(Cl)cc1Cl. The van der Waals surface area contributed by atoms with Crippen molar-refractivity contribution in [1.29, 1.82) is 0 Å². The number of carbonyl (C=O) groups excluding carboxylic acids is 1. The van der Waals surface area contributed by atoms with E-state index in [1.165, 1.54) is 25.1 Å². The van der Waals surface area contributed by atoms with E-state index < -0.39 is 20.9 Å². The fourth-order valence-corrected chi connectivity index (χ4v) is 3.41. The van der Waals surface area contributed by atoms with Gasteiger partial charge >= 0.3 is 0 Å². The molecule has 1 aromatic carbocycles. The number of sulfone groups is 1. The normalized spacial score (nSPS) is 13.3. The Labute approximate surface area is 117 Å². The summed E-state index contributed by atoms with van der Waals surface area (Å²) >= 11 is 11.6. The Morgan fingerprint density at radius 3 is 2.44 bits per heavy atom. The predicted molar refractivity (Wildman–Crippen MR) is 74.3 cm³/mol. The standard InChI is InChI=1S/C12H14Cl2O3S/c1-3-6-18(16,17)8(2)12(15)10-5-4-9(13)7-11(10)14/h4-5,7-8H,3,6H2,1-2H3. The number of halogens is 2. The van der Waals surface area contributed by atoms with Crippen molar-refractivity contribution < 1.29 is 13.2 Å². The first-order valence-electron chi connectivity index (χ1n) is 5.50. The number of benzene rings is 1. The molecule has 0 amide bonds. The minimum atomic E-state index is -3.43. The Hall–Kier alpha value is -0.580. The van der Waals surface area contributed by atoms with Gasteiger partial charge in [-0.2, -0.15) is 0 Å². The van der Waals surface area contributed by atoms with Crippen LogP contribution in [0, 0.1) is 0 Å². The van der Waals surface area contributed by atoms with E-state index in [1.807, 2.05) is 0 Å². The van der Waals surface area contributed by atoms with Gasteiger partial charge in [0.25, 0.3) is 0 Å². The first-order chi connectivity index (χ1) is 8.29. The van der Waals surface area contributed by atoms with Crippen LogP contribution in [-0.2, 0) is 9.84 Å². The highest BCUT2D eigenvalue weighted by Gasteiger charge is 2.29. The Bertz CT molecular complexity index is 552. The summed E-state index contributed by atoms with van der Waals surface area (Å²) in [5, 5.41) is -0.511. The Morgan fingerprint density at radius 2 is 1.94 bits per heavy atom. The van der Waals surface area contributed by atoms with Crippen LogP contribution in [-0.4, -0.2) is 25.2 Å². The Kier molecular flexibility index (Phi) is 5.20. The van der Waals surface area contributed by atoms with Crippen LogP contribution in [0.15, 0.2) is 18.2 Å². The van der Waals surface area contributed by atoms with E-state index in [0.717, 1.165) is 0 Å². The second kappa shape index (κ2) is 6.04. The summed E-state index contributed by atoms with van der Waals surface area (Å²) in [6.07, 6.45) is 0.480. The highest BCUT2D eigenvalue weighted by atomic mass is 35.5. The minimum absolute atomic E-state index is 0.00881. The number of hydrogen-bond donors (Lipinski definition) is 0. The summed E-state index contributed by atoms with van der Waals surface area (Å²) in [6, 6.07) is 4.39. The molecule has 0 spiro atoms. The van der Waals surface area contributed by atoms with E-state index in [2.05, 4.69) is 0 Å². The maximum atomic E-state index is 12.1. The molecule has 0 bridgehead atoms. The van der Waals surface area contributed by atoms with Crippen molar-refractivity contribution in [3.8, 4) is 0 Å². The van der Waals surface area contributed by atoms with Gasteiger partial charge in [-0.15, -0.1) is 0 Å². The van der Waals surface area contributed by atoms with E-state index in [0.29, 0.717) is 11.4 Å². The predicted octanol–water partition coefficient (Wildman–Crippen LogP) is 3.39. The fraction of sp³-hybridized carbons (Fsp3) is 0.417. The molecule has 0 heterocycles. The zero-order chi connectivity index (χ0) is 13.9. The van der Waals surface area contributed by atoms with Crippen LogP contribution < -0.4 is 0 Å². The lowest BCUT2D eigenvalue weighted by atomic mass is 10.1. The summed E-state index contributed by atoms with van der Waals surface area (Å²) in [7, 11) is -3.43. The van der Waals surface area contributed by atoms with E-state index >= 15 is 0 Å². The molecule has 0 radical (unpaired) electrons. The summed E-state index contributed by atoms with van der Waals surface area (Å²) < 4.78 is 23.7. The van der Waals surface area contributed by atoms with Crippen molar-refractivity contribution in [1.82, 2.24) is 0 Å². The van der Waals surface area contributed by atoms with Crippen molar-refractivity contribution in [2.24, 2.45) is 0 Å². The van der Waals surface area contributed by atoms with Gasteiger partial charge in [0.05, 0.1) is 10.8 Å². The molecular weight excluding hydrogens is 295 g/mol. The molecule has 1 rings (SSSR count). The molecule has 0 fully saturated rings. The lowest BCUT2D eigenvalue weighted by Gasteiger charge is -2.12. The molecule has 1 atom stereocenters. The van der Waals surface area contributed by atoms with Crippen molar-refractivity contribution in [3.63, 3.8) is 0 Å². The molecule has 0 aliphatic rings. The number of ketones is 1. The van der Waals surface area contributed by atoms with Gasteiger partial charge in [-0.05, 0) is 31.5 Å². The van der Waals surface area contributed by atoms with Crippen LogP contribution in [0.4, 0.5) is 0 Å². The van der Waals surface area contributed by atoms with Gasteiger partial charge in [0.15, 0.2) is 15.6 Å². The van der Waals surface area contributed by atoms with Gasteiger partial charge in [0.1, 0.15) is 5.25 Å². The van der Waals surface area contributed by atoms with Crippen LogP contribution in [0.5, 0.6) is 0 Å². The van der Waals surface area contributed by atoms with Gasteiger partial charge in [0.2, 0.25) is 0 Å². The highest BCUT2D eigenvalue weighted by molar-refractivity contribution is 7.92. The second-order valence-electron chi connectivity index (χ2n) is 4.00. The molecule has 0 aliphatic heterocycles. The third kappa shape index (κ3) is 3.46. The molecular formula is C12H14Cl2O3S. The zero-order valence-electron chi connectivity index (χ0n) is 10.1. The molecule has 0 saturated carbocycles. The van der Waals surface area contributed by atoms with Gasteiger partial charge in [0, 0.05) is 10.6 Å². The van der Waals surface area contributed by atoms with Crippen LogP contribution >= 0.6 is 23.2 Å². The smallest absolute Gasteiger partial charge is 0.182 e. The second-order valence-corrected chi connectivity index (χ2v) is 7.28. The molecule has 1 aromatic rings. The fourth-order valence-electron chi connectivity index (χ4n) is 1.53. The van der Waals surface area contributed by atoms with Crippen LogP contribution in [0.3, 0.4) is 0 Å². The number of hydrogen-bond acceptors (Lipinski definition) is 3. The lowest BCUT2D eigenvalue weighted by molar-refractivity contribution is 0.0991. The monoisotopic (exact) mass is 308 g/mol. The van der Waals surface area contributed by atoms with Crippen molar-refractivity contribution in [3.05, 3.63) is 33.8 Å². The topological polar surface area (TPSA) is 51.2 Å². The zero-order valence-corrected chi connectivity index (χ0v) is 12.4. The first-order valence-corrected chi connectivity index (χ1v) is 7.97. The molecule has 100 valence electrons. The maximum absolute atomic E-state index is 12.1. The molecule has 18 heavy (non-hydrogen) atoms. The number of carbonyl (C=O) groups is 1. The molecule has 0 saturated heterocycles. The van der Waals surface area contributed by atoms with Crippen LogP contribution in [0.2, 0.25) is 10.0 Å². The molecule has 6 heteroatoms. The number of rotatable bonds is 5. The summed E-state index contributed by atoms with van der Waals surface area (Å²) in [6.45, 7) is 3.14. The summed E-state index contributed by atoms with van der Waals surface area (Å²) in [4.78, 5) is 12.1. The number of Topliss-reactive ketones (excluding diaryl/α,β-unsaturated/α-hetero) is 1. The molecule has 3 nitrogen and oxygen atoms in total. The van der Waals surface area contributed by atoms with E-state index in [4.69, 9.17) is 23.2 Å². The van der Waals surface area contributed by atoms with Gasteiger partial charge < -0.3 is 0 Å². The van der Waals surface area contributed by atoms with E-state index in [9.17, 15) is 13.2 Å². The maximum Gasteiger partial charge on any atom is 0.182 e. The summed E-state index contributed by atoms with van der Waals surface area (Å²) in [5.74, 6) is -0.504. The summed E-state index contributed by atoms with van der Waals surface area (Å²) in [5.41, 5.74) is 0.188. The quantitative estimate of drug-likeness (QED) is 0.783. The van der Waals surface area contributed by atoms with Crippen molar-refractivity contribution in [2.75, 3.05) is 5.75 Å². The first kappa shape index (κ1) is 15.5. The molecule has 0 aliphatic carbocycles. The van der Waals surface area contributed by atoms with Gasteiger partial charge in [-0.3, -0.25) is 4.79 Å². The minimum Gasteiger partial charge on any atom is -0.293 e. The Balaban J connectivity index is 3.08. The van der Waals surface area contributed by atoms with Crippen LogP contribution in [0.1, 0.15) is 30.6 Å². The third-order valence-corrected chi connectivity index (χ3v) is 5.41. The Morgan fingerprint density at radius 1 is 1.33 bits per heavy atom. The molecule has 0 aromatic heterocycles. The largest absolute Gasteiger partial charge is 0.293 e. The average Bonchev–Trinajstić information content (AvgIpc) is 2.27. The average molecular weight is 309 g/mol. The van der Waals surface area contributed by atoms with Crippen molar-refractivity contribution >= 4 is 38.8 Å². The molecule has 0 N–H and O–H groups in total. The van der Waals surface area contributed by atoms with E-state index in [-0.39, 0.29) is 16.3 Å². The van der Waals surface area contributed by atoms with Crippen LogP contribution in [0.25, 0.3) is 0 Å². The lowest BCUT2D eigenvalue weighted by Crippen LogP contribution is -2.29. The van der Waals surface area contributed by atoms with Gasteiger partial charge in [-0.1, -0.05) is 30.1 Å². The van der Waals surface area contributed by atoms with Gasteiger partial charge in [-0.25, -0.2) is 8.42 Å². The highest BCUT2D eigenvalue weighted by Crippen LogP contribution is 2.23. The van der Waals surface area contributed by atoms with E-state index in [1.54, 1.807) is 6.92 Å². The third-order valence-electron chi connectivity index (χ3n) is 2.59. The molecule has 1 unspecified atom stereocenters.